The molecule has 0 aliphatic carbocycles. The van der Waals surface area contributed by atoms with Gasteiger partial charge < -0.3 is 14.4 Å². The lowest BCUT2D eigenvalue weighted by Crippen LogP contribution is -2.47. The maximum atomic E-state index is 12.3. The van der Waals surface area contributed by atoms with Gasteiger partial charge in [0, 0.05) is 25.6 Å². The maximum Gasteiger partial charge on any atom is 0.246 e. The third kappa shape index (κ3) is 3.27. The van der Waals surface area contributed by atoms with E-state index in [4.69, 9.17) is 9.47 Å². The number of hydrogen-bond acceptors (Lipinski definition) is 3. The molecule has 2 heterocycles. The van der Waals surface area contributed by atoms with Crippen molar-refractivity contribution in [3.05, 3.63) is 35.4 Å². The van der Waals surface area contributed by atoms with Gasteiger partial charge in [0.1, 0.15) is 5.75 Å². The van der Waals surface area contributed by atoms with E-state index in [0.717, 1.165) is 24.3 Å². The molecular formula is C17H21NO3. The first-order valence-corrected chi connectivity index (χ1v) is 7.50. The molecular weight excluding hydrogens is 266 g/mol. The number of rotatable bonds is 2. The molecule has 0 radical (unpaired) electrons. The number of amides is 1. The highest BCUT2D eigenvalue weighted by molar-refractivity contribution is 5.92. The summed E-state index contributed by atoms with van der Waals surface area (Å²) in [5.41, 5.74) is 2.26. The number of ether oxygens (including phenoxy) is 2. The third-order valence-corrected chi connectivity index (χ3v) is 3.86. The quantitative estimate of drug-likeness (QED) is 0.783. The summed E-state index contributed by atoms with van der Waals surface area (Å²) in [5, 5.41) is 0. The monoisotopic (exact) mass is 287 g/mol. The van der Waals surface area contributed by atoms with Gasteiger partial charge in [-0.25, -0.2) is 0 Å². The fourth-order valence-electron chi connectivity index (χ4n) is 2.94. The van der Waals surface area contributed by atoms with Crippen LogP contribution < -0.4 is 4.74 Å². The summed E-state index contributed by atoms with van der Waals surface area (Å²) in [6.45, 7) is 6.07. The van der Waals surface area contributed by atoms with E-state index in [9.17, 15) is 4.79 Å². The minimum atomic E-state index is 0.0498. The van der Waals surface area contributed by atoms with Crippen molar-refractivity contribution < 1.29 is 14.3 Å². The molecule has 2 aliphatic rings. The predicted octanol–water partition coefficient (Wildman–Crippen LogP) is 2.27. The standard InChI is InChI=1S/C17H21NO3/c1-12-10-18(11-13(2)21-12)17(19)6-4-14-3-5-16-15(9-14)7-8-20-16/h3-6,9,12-13H,7-8,10-11H2,1-2H3. The Balaban J connectivity index is 1.66. The van der Waals surface area contributed by atoms with Gasteiger partial charge >= 0.3 is 0 Å². The molecule has 1 aromatic carbocycles. The zero-order chi connectivity index (χ0) is 14.8. The van der Waals surface area contributed by atoms with Gasteiger partial charge in [0.2, 0.25) is 5.91 Å². The summed E-state index contributed by atoms with van der Waals surface area (Å²) in [7, 11) is 0. The van der Waals surface area contributed by atoms with Crippen molar-refractivity contribution in [2.24, 2.45) is 0 Å². The fourth-order valence-corrected chi connectivity index (χ4v) is 2.94. The molecule has 1 amide bonds. The van der Waals surface area contributed by atoms with E-state index in [0.29, 0.717) is 13.1 Å². The van der Waals surface area contributed by atoms with E-state index < -0.39 is 0 Å². The Labute approximate surface area is 125 Å². The molecule has 0 saturated carbocycles. The Morgan fingerprint density at radius 1 is 1.29 bits per heavy atom. The molecule has 3 rings (SSSR count). The first-order valence-electron chi connectivity index (χ1n) is 7.50. The normalized spacial score (nSPS) is 25.0. The largest absolute Gasteiger partial charge is 0.493 e. The molecule has 1 fully saturated rings. The number of carbonyl (C=O) groups excluding carboxylic acids is 1. The second kappa shape index (κ2) is 5.90. The average molecular weight is 287 g/mol. The molecule has 2 aliphatic heterocycles. The van der Waals surface area contributed by atoms with Crippen molar-refractivity contribution in [2.45, 2.75) is 32.5 Å². The minimum Gasteiger partial charge on any atom is -0.493 e. The molecule has 0 aromatic heterocycles. The van der Waals surface area contributed by atoms with E-state index in [1.165, 1.54) is 5.56 Å². The third-order valence-electron chi connectivity index (χ3n) is 3.86. The molecule has 1 aromatic rings. The average Bonchev–Trinajstić information content (AvgIpc) is 2.91. The molecule has 4 nitrogen and oxygen atoms in total. The van der Waals surface area contributed by atoms with Gasteiger partial charge in [-0.1, -0.05) is 6.07 Å². The lowest BCUT2D eigenvalue weighted by molar-refractivity contribution is -0.137. The van der Waals surface area contributed by atoms with Crippen LogP contribution in [0.5, 0.6) is 5.75 Å². The van der Waals surface area contributed by atoms with Crippen LogP contribution in [0.25, 0.3) is 6.08 Å². The van der Waals surface area contributed by atoms with E-state index in [1.807, 2.05) is 37.0 Å². The van der Waals surface area contributed by atoms with Crippen LogP contribution in [0.3, 0.4) is 0 Å². The maximum absolute atomic E-state index is 12.3. The van der Waals surface area contributed by atoms with E-state index in [-0.39, 0.29) is 18.1 Å². The lowest BCUT2D eigenvalue weighted by atomic mass is 10.1. The summed E-state index contributed by atoms with van der Waals surface area (Å²) in [6.07, 6.45) is 4.68. The van der Waals surface area contributed by atoms with Crippen molar-refractivity contribution in [3.63, 3.8) is 0 Å². The van der Waals surface area contributed by atoms with Gasteiger partial charge in [-0.3, -0.25) is 4.79 Å². The van der Waals surface area contributed by atoms with Crippen LogP contribution in [0.4, 0.5) is 0 Å². The van der Waals surface area contributed by atoms with Gasteiger partial charge in [0.25, 0.3) is 0 Å². The highest BCUT2D eigenvalue weighted by Crippen LogP contribution is 2.26. The minimum absolute atomic E-state index is 0.0498. The highest BCUT2D eigenvalue weighted by Gasteiger charge is 2.24. The molecule has 0 N–H and O–H groups in total. The number of morpholine rings is 1. The Kier molecular flexibility index (Phi) is 3.97. The van der Waals surface area contributed by atoms with Crippen LogP contribution in [0.1, 0.15) is 25.0 Å². The summed E-state index contributed by atoms with van der Waals surface area (Å²) < 4.78 is 11.1. The van der Waals surface area contributed by atoms with Gasteiger partial charge in [0.15, 0.2) is 0 Å². The van der Waals surface area contributed by atoms with Crippen LogP contribution in [0.2, 0.25) is 0 Å². The molecule has 21 heavy (non-hydrogen) atoms. The number of benzene rings is 1. The predicted molar refractivity (Wildman–Crippen MR) is 81.3 cm³/mol. The van der Waals surface area contributed by atoms with Gasteiger partial charge in [-0.15, -0.1) is 0 Å². The molecule has 4 heteroatoms. The number of carbonyl (C=O) groups is 1. The summed E-state index contributed by atoms with van der Waals surface area (Å²) in [4.78, 5) is 14.1. The Bertz CT molecular complexity index is 557. The molecule has 0 spiro atoms. The van der Waals surface area contributed by atoms with Crippen molar-refractivity contribution in [1.82, 2.24) is 4.90 Å². The van der Waals surface area contributed by atoms with E-state index in [1.54, 1.807) is 6.08 Å². The second-order valence-electron chi connectivity index (χ2n) is 5.80. The first kappa shape index (κ1) is 14.1. The van der Waals surface area contributed by atoms with Crippen LogP contribution in [-0.2, 0) is 16.0 Å². The molecule has 112 valence electrons. The van der Waals surface area contributed by atoms with Gasteiger partial charge in [-0.05, 0) is 43.2 Å². The second-order valence-corrected chi connectivity index (χ2v) is 5.80. The SMILES string of the molecule is CC1CN(C(=O)C=Cc2ccc3c(c2)CCO3)CC(C)O1. The topological polar surface area (TPSA) is 38.8 Å². The zero-order valence-corrected chi connectivity index (χ0v) is 12.5. The van der Waals surface area contributed by atoms with Crippen LogP contribution in [0.15, 0.2) is 24.3 Å². The molecule has 1 saturated heterocycles. The van der Waals surface area contributed by atoms with Crippen LogP contribution >= 0.6 is 0 Å². The zero-order valence-electron chi connectivity index (χ0n) is 12.5. The fraction of sp³-hybridized carbons (Fsp3) is 0.471. The number of fused-ring (bicyclic) bond motifs is 1. The van der Waals surface area contributed by atoms with Gasteiger partial charge in [0.05, 0.1) is 18.8 Å². The molecule has 0 bridgehead atoms. The molecule has 2 atom stereocenters. The van der Waals surface area contributed by atoms with Crippen molar-refractivity contribution in [3.8, 4) is 5.75 Å². The summed E-state index contributed by atoms with van der Waals surface area (Å²) in [5.74, 6) is 1.02. The van der Waals surface area contributed by atoms with Crippen molar-refractivity contribution in [2.75, 3.05) is 19.7 Å². The Hall–Kier alpha value is -1.81. The molecule has 2 unspecified atom stereocenters. The van der Waals surface area contributed by atoms with Crippen molar-refractivity contribution >= 4 is 12.0 Å². The highest BCUT2D eigenvalue weighted by atomic mass is 16.5. The van der Waals surface area contributed by atoms with E-state index in [2.05, 4.69) is 6.07 Å². The summed E-state index contributed by atoms with van der Waals surface area (Å²) in [6, 6.07) is 6.06. The van der Waals surface area contributed by atoms with E-state index >= 15 is 0 Å². The summed E-state index contributed by atoms with van der Waals surface area (Å²) >= 11 is 0. The first-order chi connectivity index (χ1) is 10.1. The van der Waals surface area contributed by atoms with Crippen molar-refractivity contribution in [1.29, 1.82) is 0 Å². The lowest BCUT2D eigenvalue weighted by Gasteiger charge is -2.34. The number of nitrogens with zero attached hydrogens (tertiary/aromatic N) is 1. The van der Waals surface area contributed by atoms with Crippen LogP contribution in [0, 0.1) is 0 Å². The van der Waals surface area contributed by atoms with Gasteiger partial charge in [-0.2, -0.15) is 0 Å². The van der Waals surface area contributed by atoms with Crippen LogP contribution in [-0.4, -0.2) is 42.7 Å². The Morgan fingerprint density at radius 2 is 2.05 bits per heavy atom. The number of hydrogen-bond donors (Lipinski definition) is 0. The Morgan fingerprint density at radius 3 is 2.81 bits per heavy atom. The smallest absolute Gasteiger partial charge is 0.246 e.